The molecule has 2 fully saturated rings. The lowest BCUT2D eigenvalue weighted by Gasteiger charge is -2.42. The number of carbonyl (C=O) groups excluding carboxylic acids is 1. The molecule has 4 heteroatoms. The van der Waals surface area contributed by atoms with Crippen molar-refractivity contribution in [1.29, 1.82) is 0 Å². The highest BCUT2D eigenvalue weighted by Crippen LogP contribution is 2.55. The summed E-state index contributed by atoms with van der Waals surface area (Å²) in [4.78, 5) is 12.1. The molecule has 0 aromatic rings. The van der Waals surface area contributed by atoms with E-state index in [1.807, 2.05) is 0 Å². The monoisotopic (exact) mass is 229 g/mol. The number of hydrogen-bond donors (Lipinski definition) is 0. The molecule has 0 aromatic carbocycles. The highest BCUT2D eigenvalue weighted by atomic mass is 31.0. The van der Waals surface area contributed by atoms with E-state index in [0.717, 1.165) is 12.8 Å². The Morgan fingerprint density at radius 1 is 1.60 bits per heavy atom. The number of hydrogen-bond acceptors (Lipinski definition) is 2. The lowest BCUT2D eigenvalue weighted by molar-refractivity contribution is -0.128. The lowest BCUT2D eigenvalue weighted by Crippen LogP contribution is -2.52. The molecule has 0 N–H and O–H groups in total. The van der Waals surface area contributed by atoms with E-state index in [4.69, 9.17) is 4.74 Å². The number of carbonyl (C=O) groups is 1. The van der Waals surface area contributed by atoms with Gasteiger partial charge in [-0.2, -0.15) is 0 Å². The van der Waals surface area contributed by atoms with Crippen LogP contribution in [0.1, 0.15) is 40.5 Å². The van der Waals surface area contributed by atoms with E-state index in [9.17, 15) is 4.79 Å². The predicted octanol–water partition coefficient (Wildman–Crippen LogP) is 1.97. The Kier molecular flexibility index (Phi) is 2.40. The third-order valence-electron chi connectivity index (χ3n) is 4.24. The van der Waals surface area contributed by atoms with Gasteiger partial charge in [-0.25, -0.2) is 0 Å². The van der Waals surface area contributed by atoms with E-state index in [0.29, 0.717) is 0 Å². The molecule has 0 spiro atoms. The Balaban J connectivity index is 2.48. The van der Waals surface area contributed by atoms with Crippen molar-refractivity contribution >= 4 is 15.3 Å². The standard InChI is InChI=1S/C11H20NO2P/c1-5-11-8(6-7(2)14-11)9(13)12(15)10(11,3)4/h7-8H,5-6,15H2,1-4H3/t7?,8-,11-/m0/s1. The van der Waals surface area contributed by atoms with E-state index >= 15 is 0 Å². The molecule has 2 rings (SSSR count). The van der Waals surface area contributed by atoms with Gasteiger partial charge in [0.2, 0.25) is 5.91 Å². The molecule has 2 aliphatic rings. The van der Waals surface area contributed by atoms with Crippen LogP contribution in [0.2, 0.25) is 0 Å². The van der Waals surface area contributed by atoms with E-state index in [1.54, 1.807) is 4.67 Å². The normalized spacial score (nSPS) is 43.5. The molecule has 3 nitrogen and oxygen atoms in total. The maximum Gasteiger partial charge on any atom is 0.232 e. The quantitative estimate of drug-likeness (QED) is 0.643. The lowest BCUT2D eigenvalue weighted by atomic mass is 9.76. The molecule has 0 saturated carbocycles. The van der Waals surface area contributed by atoms with Crippen molar-refractivity contribution in [3.8, 4) is 0 Å². The van der Waals surface area contributed by atoms with Gasteiger partial charge >= 0.3 is 0 Å². The Hall–Kier alpha value is -0.140. The minimum atomic E-state index is -0.286. The summed E-state index contributed by atoms with van der Waals surface area (Å²) in [5, 5.41) is 0. The first kappa shape index (κ1) is 11.3. The Bertz CT molecular complexity index is 305. The number of fused-ring (bicyclic) bond motifs is 1. The van der Waals surface area contributed by atoms with Crippen molar-refractivity contribution in [2.45, 2.75) is 57.8 Å². The fourth-order valence-corrected chi connectivity index (χ4v) is 3.69. The van der Waals surface area contributed by atoms with Crippen LogP contribution in [-0.2, 0) is 9.53 Å². The van der Waals surface area contributed by atoms with Crippen LogP contribution in [0.4, 0.5) is 0 Å². The minimum Gasteiger partial charge on any atom is -0.369 e. The van der Waals surface area contributed by atoms with E-state index in [-0.39, 0.29) is 29.1 Å². The van der Waals surface area contributed by atoms with Gasteiger partial charge in [-0.15, -0.1) is 0 Å². The Morgan fingerprint density at radius 3 is 2.67 bits per heavy atom. The molecule has 2 unspecified atom stereocenters. The van der Waals surface area contributed by atoms with E-state index in [2.05, 4.69) is 37.1 Å². The van der Waals surface area contributed by atoms with E-state index < -0.39 is 0 Å². The second-order valence-corrected chi connectivity index (χ2v) is 5.74. The average Bonchev–Trinajstić information content (AvgIpc) is 2.59. The van der Waals surface area contributed by atoms with Gasteiger partial charge in [0.1, 0.15) is 5.60 Å². The zero-order valence-corrected chi connectivity index (χ0v) is 11.1. The van der Waals surface area contributed by atoms with Crippen LogP contribution in [0.25, 0.3) is 0 Å². The Morgan fingerprint density at radius 2 is 2.20 bits per heavy atom. The summed E-state index contributed by atoms with van der Waals surface area (Å²) in [6.07, 6.45) is 1.96. The molecular formula is C11H20NO2P. The second kappa shape index (κ2) is 3.18. The molecule has 1 amide bonds. The average molecular weight is 229 g/mol. The molecule has 0 radical (unpaired) electrons. The summed E-state index contributed by atoms with van der Waals surface area (Å²) >= 11 is 0. The van der Waals surface area contributed by atoms with Crippen LogP contribution in [0.5, 0.6) is 0 Å². The molecule has 2 aliphatic heterocycles. The van der Waals surface area contributed by atoms with Gasteiger partial charge in [0.15, 0.2) is 0 Å². The van der Waals surface area contributed by atoms with Crippen LogP contribution >= 0.6 is 9.39 Å². The number of amides is 1. The maximum absolute atomic E-state index is 12.1. The van der Waals surface area contributed by atoms with Crippen molar-refractivity contribution in [2.75, 3.05) is 0 Å². The zero-order valence-electron chi connectivity index (χ0n) is 9.91. The SMILES string of the molecule is CC[C@]12OC(C)C[C@H]1C(=O)N(P)C2(C)C. The van der Waals surface area contributed by atoms with Gasteiger partial charge in [-0.1, -0.05) is 6.92 Å². The molecular weight excluding hydrogens is 209 g/mol. The van der Waals surface area contributed by atoms with Crippen LogP contribution in [-0.4, -0.2) is 27.8 Å². The summed E-state index contributed by atoms with van der Waals surface area (Å²) in [5.41, 5.74) is -0.510. The zero-order chi connectivity index (χ0) is 11.4. The highest BCUT2D eigenvalue weighted by molar-refractivity contribution is 7.14. The molecule has 86 valence electrons. The van der Waals surface area contributed by atoms with Gasteiger partial charge in [0.25, 0.3) is 0 Å². The Labute approximate surface area is 93.8 Å². The molecule has 2 saturated heterocycles. The molecule has 4 atom stereocenters. The minimum absolute atomic E-state index is 0.0463. The summed E-state index contributed by atoms with van der Waals surface area (Å²) in [5.74, 6) is 0.265. The van der Waals surface area contributed by atoms with Gasteiger partial charge in [-0.05, 0) is 43.0 Å². The van der Waals surface area contributed by atoms with Crippen LogP contribution < -0.4 is 0 Å². The first-order valence-electron chi connectivity index (χ1n) is 5.63. The predicted molar refractivity (Wildman–Crippen MR) is 62.3 cm³/mol. The summed E-state index contributed by atoms with van der Waals surface area (Å²) in [6.45, 7) is 8.37. The second-order valence-electron chi connectivity index (χ2n) is 5.23. The fraction of sp³-hybridized carbons (Fsp3) is 0.909. The number of rotatable bonds is 1. The van der Waals surface area contributed by atoms with Gasteiger partial charge in [0.05, 0.1) is 17.6 Å². The van der Waals surface area contributed by atoms with Gasteiger partial charge in [-0.3, -0.25) is 4.79 Å². The third-order valence-corrected chi connectivity index (χ3v) is 5.14. The van der Waals surface area contributed by atoms with Crippen molar-refractivity contribution in [1.82, 2.24) is 4.67 Å². The first-order chi connectivity index (χ1) is 6.87. The number of ether oxygens (including phenoxy) is 1. The summed E-state index contributed by atoms with van der Waals surface area (Å²) in [7, 11) is 2.56. The summed E-state index contributed by atoms with van der Waals surface area (Å²) in [6, 6.07) is 0. The molecule has 0 aromatic heterocycles. The fourth-order valence-electron chi connectivity index (χ4n) is 3.29. The van der Waals surface area contributed by atoms with Crippen molar-refractivity contribution in [3.63, 3.8) is 0 Å². The first-order valence-corrected chi connectivity index (χ1v) is 6.15. The highest BCUT2D eigenvalue weighted by Gasteiger charge is 2.66. The van der Waals surface area contributed by atoms with Crippen LogP contribution in [0, 0.1) is 5.92 Å². The summed E-state index contributed by atoms with van der Waals surface area (Å²) < 4.78 is 7.89. The van der Waals surface area contributed by atoms with Crippen molar-refractivity contribution < 1.29 is 9.53 Å². The smallest absolute Gasteiger partial charge is 0.232 e. The van der Waals surface area contributed by atoms with Gasteiger partial charge in [0, 0.05) is 0 Å². The number of nitrogens with zero attached hydrogens (tertiary/aromatic N) is 1. The van der Waals surface area contributed by atoms with Crippen molar-refractivity contribution in [3.05, 3.63) is 0 Å². The molecule has 15 heavy (non-hydrogen) atoms. The molecule has 2 heterocycles. The maximum atomic E-state index is 12.1. The van der Waals surface area contributed by atoms with Crippen LogP contribution in [0.3, 0.4) is 0 Å². The molecule has 0 aliphatic carbocycles. The topological polar surface area (TPSA) is 29.5 Å². The third kappa shape index (κ3) is 1.17. The van der Waals surface area contributed by atoms with E-state index in [1.165, 1.54) is 0 Å². The van der Waals surface area contributed by atoms with Gasteiger partial charge < -0.3 is 9.41 Å². The molecule has 0 bridgehead atoms. The van der Waals surface area contributed by atoms with Crippen molar-refractivity contribution in [2.24, 2.45) is 5.92 Å². The largest absolute Gasteiger partial charge is 0.369 e. The van der Waals surface area contributed by atoms with Crippen LogP contribution in [0.15, 0.2) is 0 Å².